The zero-order valence-electron chi connectivity index (χ0n) is 13.4. The molecule has 1 saturated heterocycles. The van der Waals surface area contributed by atoms with E-state index in [1.807, 2.05) is 0 Å². The Labute approximate surface area is 130 Å². The lowest BCUT2D eigenvalue weighted by Gasteiger charge is -2.36. The lowest BCUT2D eigenvalue weighted by Crippen LogP contribution is -2.43. The average Bonchev–Trinajstić information content (AvgIpc) is 2.48. The average molecular weight is 303 g/mol. The van der Waals surface area contributed by atoms with Crippen LogP contribution in [-0.4, -0.2) is 41.6 Å². The van der Waals surface area contributed by atoms with Gasteiger partial charge in [-0.15, -0.1) is 0 Å². The lowest BCUT2D eigenvalue weighted by atomic mass is 9.92. The fraction of sp³-hybridized carbons (Fsp3) is 1.00. The highest BCUT2D eigenvalue weighted by atomic mass is 32.2. The molecule has 0 aromatic heterocycles. The number of nitrogens with one attached hydrogen (secondary N) is 1. The molecule has 3 nitrogen and oxygen atoms in total. The zero-order chi connectivity index (χ0) is 14.6. The molecule has 2 atom stereocenters. The largest absolute Gasteiger partial charge is 0.378 e. The van der Waals surface area contributed by atoms with E-state index in [9.17, 15) is 5.11 Å². The predicted octanol–water partition coefficient (Wildman–Crippen LogP) is 3.64. The number of aliphatic hydroxyl groups is 1. The van der Waals surface area contributed by atoms with E-state index in [0.717, 1.165) is 32.0 Å². The fourth-order valence-corrected chi connectivity index (χ4v) is 3.67. The van der Waals surface area contributed by atoms with Gasteiger partial charge in [0.1, 0.15) is 6.23 Å². The van der Waals surface area contributed by atoms with E-state index in [2.05, 4.69) is 23.5 Å². The van der Waals surface area contributed by atoms with Gasteiger partial charge in [-0.3, -0.25) is 9.62 Å². The van der Waals surface area contributed by atoms with Gasteiger partial charge in [-0.05, 0) is 31.6 Å². The number of aliphatic hydroxyl groups excluding tert-OH is 1. The predicted molar refractivity (Wildman–Crippen MR) is 89.8 cm³/mol. The molecule has 1 aliphatic rings. The summed E-state index contributed by atoms with van der Waals surface area (Å²) in [6.07, 6.45) is 9.69. The van der Waals surface area contributed by atoms with Crippen molar-refractivity contribution < 1.29 is 5.11 Å². The van der Waals surface area contributed by atoms with Gasteiger partial charge in [0.05, 0.1) is 0 Å². The summed E-state index contributed by atoms with van der Waals surface area (Å²) in [6, 6.07) is 0. The minimum Gasteiger partial charge on any atom is -0.378 e. The van der Waals surface area contributed by atoms with E-state index in [-0.39, 0.29) is 6.23 Å². The molecule has 1 unspecified atom stereocenters. The van der Waals surface area contributed by atoms with Gasteiger partial charge in [-0.2, -0.15) is 0 Å². The number of nitrogens with zero attached hydrogens (tertiary/aromatic N) is 1. The molecule has 120 valence electrons. The number of rotatable bonds is 11. The van der Waals surface area contributed by atoms with Gasteiger partial charge >= 0.3 is 0 Å². The molecule has 0 aromatic carbocycles. The Morgan fingerprint density at radius 2 is 2.10 bits per heavy atom. The van der Waals surface area contributed by atoms with Crippen molar-refractivity contribution in [2.45, 2.75) is 71.4 Å². The maximum absolute atomic E-state index is 10.3. The van der Waals surface area contributed by atoms with Gasteiger partial charge < -0.3 is 5.11 Å². The van der Waals surface area contributed by atoms with Crippen LogP contribution >= 0.6 is 11.9 Å². The number of hydrogen-bond donors (Lipinski definition) is 2. The Kier molecular flexibility index (Phi) is 10.8. The molecule has 0 bridgehead atoms. The second kappa shape index (κ2) is 11.8. The summed E-state index contributed by atoms with van der Waals surface area (Å²) in [4.78, 5) is 2.29. The molecule has 0 aliphatic carbocycles. The van der Waals surface area contributed by atoms with Crippen molar-refractivity contribution in [3.05, 3.63) is 0 Å². The highest BCUT2D eigenvalue weighted by molar-refractivity contribution is 7.97. The van der Waals surface area contributed by atoms with Crippen LogP contribution in [0.4, 0.5) is 0 Å². The van der Waals surface area contributed by atoms with Gasteiger partial charge in [0.25, 0.3) is 0 Å². The van der Waals surface area contributed by atoms with Crippen LogP contribution in [0.25, 0.3) is 0 Å². The first kappa shape index (κ1) is 18.3. The van der Waals surface area contributed by atoms with Crippen LogP contribution in [0.5, 0.6) is 0 Å². The lowest BCUT2D eigenvalue weighted by molar-refractivity contribution is -0.0265. The molecule has 1 rings (SSSR count). The summed E-state index contributed by atoms with van der Waals surface area (Å²) in [5, 5.41) is 10.3. The van der Waals surface area contributed by atoms with Crippen molar-refractivity contribution in [2.24, 2.45) is 5.92 Å². The summed E-state index contributed by atoms with van der Waals surface area (Å²) in [7, 11) is 0. The number of likely N-dealkylation sites (tertiary alicyclic amines) is 1. The Hall–Kier alpha value is 0.230. The van der Waals surface area contributed by atoms with Crippen molar-refractivity contribution in [3.63, 3.8) is 0 Å². The Morgan fingerprint density at radius 1 is 1.30 bits per heavy atom. The third-order valence-electron chi connectivity index (χ3n) is 4.14. The van der Waals surface area contributed by atoms with E-state index in [0.29, 0.717) is 0 Å². The number of hydrogen-bond acceptors (Lipinski definition) is 4. The maximum atomic E-state index is 10.3. The zero-order valence-corrected chi connectivity index (χ0v) is 14.3. The molecule has 20 heavy (non-hydrogen) atoms. The molecule has 2 N–H and O–H groups in total. The molecule has 0 saturated carbocycles. The van der Waals surface area contributed by atoms with E-state index < -0.39 is 0 Å². The standard InChI is InChI=1S/C16H34N2OS/c1-3-5-8-15-9-7-12-18(14-15)16(19)10-11-17-20-13-6-4-2/h15-17,19H,3-14H2,1-2H3/t15-,16?/m1/s1. The van der Waals surface area contributed by atoms with Gasteiger partial charge in [0.15, 0.2) is 0 Å². The Morgan fingerprint density at radius 3 is 2.85 bits per heavy atom. The van der Waals surface area contributed by atoms with Crippen molar-refractivity contribution in [3.8, 4) is 0 Å². The van der Waals surface area contributed by atoms with Crippen molar-refractivity contribution >= 4 is 11.9 Å². The van der Waals surface area contributed by atoms with Crippen LogP contribution in [0.1, 0.15) is 65.2 Å². The van der Waals surface area contributed by atoms with Crippen LogP contribution in [0.15, 0.2) is 0 Å². The van der Waals surface area contributed by atoms with Gasteiger partial charge in [0.2, 0.25) is 0 Å². The van der Waals surface area contributed by atoms with Crippen LogP contribution in [-0.2, 0) is 0 Å². The van der Waals surface area contributed by atoms with Gasteiger partial charge in [-0.25, -0.2) is 0 Å². The third-order valence-corrected chi connectivity index (χ3v) is 5.05. The quantitative estimate of drug-likeness (QED) is 0.451. The SMILES string of the molecule is CCCCSNCCC(O)N1CCC[C@@H](CCCC)C1. The van der Waals surface area contributed by atoms with Crippen LogP contribution in [0.3, 0.4) is 0 Å². The second-order valence-corrected chi connectivity index (χ2v) is 7.00. The maximum Gasteiger partial charge on any atom is 0.108 e. The molecular weight excluding hydrogens is 268 g/mol. The molecule has 0 amide bonds. The second-order valence-electron chi connectivity index (χ2n) is 6.01. The third kappa shape index (κ3) is 7.87. The van der Waals surface area contributed by atoms with Crippen LogP contribution in [0, 0.1) is 5.92 Å². The molecule has 1 aliphatic heterocycles. The molecule has 1 heterocycles. The molecule has 1 fully saturated rings. The monoisotopic (exact) mass is 302 g/mol. The highest BCUT2D eigenvalue weighted by Gasteiger charge is 2.23. The summed E-state index contributed by atoms with van der Waals surface area (Å²) in [5.41, 5.74) is 0. The Bertz CT molecular complexity index is 229. The molecule has 0 radical (unpaired) electrons. The van der Waals surface area contributed by atoms with E-state index in [4.69, 9.17) is 0 Å². The van der Waals surface area contributed by atoms with Crippen LogP contribution < -0.4 is 4.72 Å². The number of piperidine rings is 1. The molecule has 0 spiro atoms. The van der Waals surface area contributed by atoms with Crippen molar-refractivity contribution in [1.29, 1.82) is 0 Å². The van der Waals surface area contributed by atoms with E-state index in [1.54, 1.807) is 11.9 Å². The minimum absolute atomic E-state index is 0.251. The summed E-state index contributed by atoms with van der Waals surface area (Å²) in [5.74, 6) is 1.99. The van der Waals surface area contributed by atoms with Crippen molar-refractivity contribution in [2.75, 3.05) is 25.4 Å². The first-order chi connectivity index (χ1) is 9.77. The first-order valence-electron chi connectivity index (χ1n) is 8.54. The molecule has 4 heteroatoms. The van der Waals surface area contributed by atoms with Gasteiger partial charge in [0, 0.05) is 31.8 Å². The topological polar surface area (TPSA) is 35.5 Å². The normalized spacial score (nSPS) is 22.1. The first-order valence-corrected chi connectivity index (χ1v) is 9.53. The van der Waals surface area contributed by atoms with Gasteiger partial charge in [-0.1, -0.05) is 45.1 Å². The number of unbranched alkanes of at least 4 members (excludes halogenated alkanes) is 2. The Balaban J connectivity index is 2.10. The van der Waals surface area contributed by atoms with E-state index >= 15 is 0 Å². The molecule has 0 aromatic rings. The molecular formula is C16H34N2OS. The highest BCUT2D eigenvalue weighted by Crippen LogP contribution is 2.23. The van der Waals surface area contributed by atoms with Crippen LogP contribution in [0.2, 0.25) is 0 Å². The minimum atomic E-state index is -0.251. The fourth-order valence-electron chi connectivity index (χ4n) is 2.83. The van der Waals surface area contributed by atoms with Crippen molar-refractivity contribution in [1.82, 2.24) is 9.62 Å². The summed E-state index contributed by atoms with van der Waals surface area (Å²) < 4.78 is 3.37. The smallest absolute Gasteiger partial charge is 0.108 e. The summed E-state index contributed by atoms with van der Waals surface area (Å²) >= 11 is 1.80. The summed E-state index contributed by atoms with van der Waals surface area (Å²) in [6.45, 7) is 7.57. The van der Waals surface area contributed by atoms with E-state index in [1.165, 1.54) is 50.7 Å².